The first-order chi connectivity index (χ1) is 9.11. The number of carbonyl (C=O) groups excluding carboxylic acids is 2. The van der Waals surface area contributed by atoms with Crippen LogP contribution in [-0.4, -0.2) is 32.1 Å². The molecule has 0 aliphatic heterocycles. The van der Waals surface area contributed by atoms with E-state index in [1.807, 2.05) is 0 Å². The van der Waals surface area contributed by atoms with E-state index in [4.69, 9.17) is 9.47 Å². The molecule has 0 spiro atoms. The van der Waals surface area contributed by atoms with Crippen LogP contribution >= 0.6 is 0 Å². The van der Waals surface area contributed by atoms with Gasteiger partial charge in [0.15, 0.2) is 6.29 Å². The quantitative estimate of drug-likeness (QED) is 0.427. The molecule has 1 aromatic rings. The van der Waals surface area contributed by atoms with Crippen molar-refractivity contribution < 1.29 is 23.8 Å². The molecule has 0 fully saturated rings. The van der Waals surface area contributed by atoms with Crippen LogP contribution in [0.15, 0.2) is 24.3 Å². The normalized spacial score (nSPS) is 13.4. The summed E-state index contributed by atoms with van der Waals surface area (Å²) >= 11 is 0. The largest absolute Gasteiger partial charge is 0.497 e. The summed E-state index contributed by atoms with van der Waals surface area (Å²) in [7, 11) is 2.81. The molecule has 19 heavy (non-hydrogen) atoms. The maximum Gasteiger partial charge on any atom is 0.345 e. The minimum Gasteiger partial charge on any atom is -0.497 e. The van der Waals surface area contributed by atoms with Gasteiger partial charge in [0.25, 0.3) is 0 Å². The lowest BCUT2D eigenvalue weighted by atomic mass is 10.0. The molecule has 0 saturated carbocycles. The molecule has 1 rings (SSSR count). The van der Waals surface area contributed by atoms with Gasteiger partial charge >= 0.3 is 5.97 Å². The van der Waals surface area contributed by atoms with Gasteiger partial charge in [-0.15, -0.1) is 0 Å². The maximum absolute atomic E-state index is 11.6. The molecule has 0 N–H and O–H groups in total. The summed E-state index contributed by atoms with van der Waals surface area (Å²) in [4.78, 5) is 22.8. The van der Waals surface area contributed by atoms with Crippen molar-refractivity contribution in [2.75, 3.05) is 14.2 Å². The van der Waals surface area contributed by atoms with Crippen LogP contribution in [0.3, 0.4) is 0 Å². The van der Waals surface area contributed by atoms with Crippen LogP contribution in [0.25, 0.3) is 0 Å². The van der Waals surface area contributed by atoms with E-state index in [1.165, 1.54) is 7.11 Å². The maximum atomic E-state index is 11.6. The topological polar surface area (TPSA) is 61.8 Å². The predicted octanol–water partition coefficient (Wildman–Crippen LogP) is 1.73. The summed E-state index contributed by atoms with van der Waals surface area (Å²) in [6.07, 6.45) is 0.710. The minimum absolute atomic E-state index is 0.145. The lowest BCUT2D eigenvalue weighted by molar-refractivity contribution is -0.172. The molecule has 0 aliphatic carbocycles. The number of benzene rings is 1. The Morgan fingerprint density at radius 3 is 2.32 bits per heavy atom. The molecular formula is C14H18O5. The fraction of sp³-hybridized carbons (Fsp3) is 0.429. The van der Waals surface area contributed by atoms with Gasteiger partial charge in [0.2, 0.25) is 5.60 Å². The molecule has 0 aliphatic rings. The number of aldehydes is 1. The second-order valence-corrected chi connectivity index (χ2v) is 3.99. The molecule has 5 nitrogen and oxygen atoms in total. The molecule has 1 atom stereocenters. The number of carbonyl (C=O) groups is 2. The first kappa shape index (κ1) is 15.2. The third kappa shape index (κ3) is 3.54. The van der Waals surface area contributed by atoms with Gasteiger partial charge in [0.05, 0.1) is 20.8 Å². The average molecular weight is 266 g/mol. The summed E-state index contributed by atoms with van der Waals surface area (Å²) in [6.45, 7) is 1.84. The lowest BCUT2D eigenvalue weighted by Gasteiger charge is -2.23. The van der Waals surface area contributed by atoms with Crippen LogP contribution in [0.5, 0.6) is 5.75 Å². The Hall–Kier alpha value is -1.88. The molecule has 104 valence electrons. The minimum atomic E-state index is -1.53. The smallest absolute Gasteiger partial charge is 0.345 e. The van der Waals surface area contributed by atoms with Crippen LogP contribution in [0.2, 0.25) is 0 Å². The second kappa shape index (κ2) is 6.89. The van der Waals surface area contributed by atoms with Gasteiger partial charge in [0, 0.05) is 0 Å². The van der Waals surface area contributed by atoms with Gasteiger partial charge in [-0.25, -0.2) is 4.79 Å². The standard InChI is InChI=1S/C14H18O5/c1-4-14(10-15,13(16)18-3)19-9-11-5-7-12(17-2)8-6-11/h5-8,10H,4,9H2,1-3H3/t14-/m0/s1. The third-order valence-electron chi connectivity index (χ3n) is 2.90. The molecule has 0 unspecified atom stereocenters. The third-order valence-corrected chi connectivity index (χ3v) is 2.90. The van der Waals surface area contributed by atoms with E-state index < -0.39 is 11.6 Å². The highest BCUT2D eigenvalue weighted by Gasteiger charge is 2.39. The van der Waals surface area contributed by atoms with Crippen molar-refractivity contribution in [1.29, 1.82) is 0 Å². The second-order valence-electron chi connectivity index (χ2n) is 3.99. The predicted molar refractivity (Wildman–Crippen MR) is 68.9 cm³/mol. The molecular weight excluding hydrogens is 248 g/mol. The van der Waals surface area contributed by atoms with Gasteiger partial charge in [-0.1, -0.05) is 19.1 Å². The van der Waals surface area contributed by atoms with E-state index in [0.29, 0.717) is 6.29 Å². The zero-order valence-electron chi connectivity index (χ0n) is 11.3. The summed E-state index contributed by atoms with van der Waals surface area (Å²) in [5, 5.41) is 0. The van der Waals surface area contributed by atoms with Crippen LogP contribution in [0.1, 0.15) is 18.9 Å². The monoisotopic (exact) mass is 266 g/mol. The van der Waals surface area contributed by atoms with Gasteiger partial charge < -0.3 is 14.2 Å². The number of rotatable bonds is 7. The van der Waals surface area contributed by atoms with E-state index >= 15 is 0 Å². The molecule has 0 aromatic heterocycles. The van der Waals surface area contributed by atoms with E-state index in [-0.39, 0.29) is 13.0 Å². The van der Waals surface area contributed by atoms with Crippen LogP contribution in [0, 0.1) is 0 Å². The Morgan fingerprint density at radius 1 is 1.26 bits per heavy atom. The molecule has 0 bridgehead atoms. The Balaban J connectivity index is 2.75. The molecule has 1 aromatic carbocycles. The van der Waals surface area contributed by atoms with Crippen LogP contribution < -0.4 is 4.74 Å². The average Bonchev–Trinajstić information content (AvgIpc) is 2.49. The number of esters is 1. The molecule has 0 heterocycles. The summed E-state index contributed by atoms with van der Waals surface area (Å²) < 4.78 is 15.1. The van der Waals surface area contributed by atoms with Gasteiger partial charge in [0.1, 0.15) is 5.75 Å². The molecule has 5 heteroatoms. The Morgan fingerprint density at radius 2 is 1.89 bits per heavy atom. The lowest BCUT2D eigenvalue weighted by Crippen LogP contribution is -2.43. The first-order valence-electron chi connectivity index (χ1n) is 5.93. The number of hydrogen-bond donors (Lipinski definition) is 0. The zero-order chi connectivity index (χ0) is 14.3. The highest BCUT2D eigenvalue weighted by atomic mass is 16.6. The van der Waals surface area contributed by atoms with Crippen molar-refractivity contribution in [3.05, 3.63) is 29.8 Å². The van der Waals surface area contributed by atoms with E-state index in [2.05, 4.69) is 4.74 Å². The Labute approximate surface area is 112 Å². The van der Waals surface area contributed by atoms with E-state index in [1.54, 1.807) is 38.3 Å². The summed E-state index contributed by atoms with van der Waals surface area (Å²) in [5.41, 5.74) is -0.696. The molecule has 0 saturated heterocycles. The van der Waals surface area contributed by atoms with Crippen LogP contribution in [0.4, 0.5) is 0 Å². The fourth-order valence-electron chi connectivity index (χ4n) is 1.58. The molecule has 0 amide bonds. The number of ether oxygens (including phenoxy) is 3. The number of methoxy groups -OCH3 is 2. The Bertz CT molecular complexity index is 426. The summed E-state index contributed by atoms with van der Waals surface area (Å²) in [5.74, 6) is 0.0485. The van der Waals surface area contributed by atoms with Crippen molar-refractivity contribution in [3.63, 3.8) is 0 Å². The number of hydrogen-bond acceptors (Lipinski definition) is 5. The van der Waals surface area contributed by atoms with Gasteiger partial charge in [-0.05, 0) is 24.1 Å². The highest BCUT2D eigenvalue weighted by molar-refractivity contribution is 5.96. The highest BCUT2D eigenvalue weighted by Crippen LogP contribution is 2.19. The van der Waals surface area contributed by atoms with Crippen molar-refractivity contribution in [2.45, 2.75) is 25.6 Å². The zero-order valence-corrected chi connectivity index (χ0v) is 11.3. The Kier molecular flexibility index (Phi) is 5.51. The van der Waals surface area contributed by atoms with Crippen molar-refractivity contribution in [1.82, 2.24) is 0 Å². The van der Waals surface area contributed by atoms with Gasteiger partial charge in [-0.2, -0.15) is 0 Å². The van der Waals surface area contributed by atoms with Crippen molar-refractivity contribution >= 4 is 12.3 Å². The van der Waals surface area contributed by atoms with Gasteiger partial charge in [-0.3, -0.25) is 4.79 Å². The van der Waals surface area contributed by atoms with Crippen molar-refractivity contribution in [3.8, 4) is 5.75 Å². The fourth-order valence-corrected chi connectivity index (χ4v) is 1.58. The molecule has 0 radical (unpaired) electrons. The first-order valence-corrected chi connectivity index (χ1v) is 5.93. The van der Waals surface area contributed by atoms with E-state index in [0.717, 1.165) is 11.3 Å². The van der Waals surface area contributed by atoms with Crippen LogP contribution in [-0.2, 0) is 25.7 Å². The SMILES string of the molecule is CC[C@@](C=O)(OCc1ccc(OC)cc1)C(=O)OC. The summed E-state index contributed by atoms with van der Waals surface area (Å²) in [6, 6.07) is 7.18. The van der Waals surface area contributed by atoms with Crippen molar-refractivity contribution in [2.24, 2.45) is 0 Å². The van der Waals surface area contributed by atoms with E-state index in [9.17, 15) is 9.59 Å².